The summed E-state index contributed by atoms with van der Waals surface area (Å²) < 4.78 is 61.8. The summed E-state index contributed by atoms with van der Waals surface area (Å²) >= 11 is 0. The smallest absolute Gasteiger partial charge is 0.373 e. The van der Waals surface area contributed by atoms with E-state index in [1.807, 2.05) is 41.5 Å². The van der Waals surface area contributed by atoms with Gasteiger partial charge < -0.3 is 62.0 Å². The van der Waals surface area contributed by atoms with Crippen LogP contribution >= 0.6 is 8.53 Å². The molecule has 33 heteroatoms. The van der Waals surface area contributed by atoms with Crippen LogP contribution in [-0.2, 0) is 75.7 Å². The molecule has 3 aliphatic heterocycles. The maximum absolute atomic E-state index is 12.6. The number of hydrogen-bond acceptors (Lipinski definition) is 25. The van der Waals surface area contributed by atoms with E-state index in [1.54, 1.807) is 13.8 Å². The molecule has 474 valence electrons. The predicted octanol–water partition coefficient (Wildman–Crippen LogP) is 0.0131. The lowest BCUT2D eigenvalue weighted by Gasteiger charge is -2.38. The van der Waals surface area contributed by atoms with E-state index in [2.05, 4.69) is 29.2 Å². The Morgan fingerprint density at radius 1 is 0.600 bits per heavy atom. The standard InChI is InChI=1S/C23H37N4O8P.C14H20N2O7.C13H20N2O5.2CO2/c1-14(2)27(15(3)4)36(33-12-10-24-6)35-19-17(13-16(5)22(29)32-8)34-21(20(19)31-7)26-11-9-18(28)25-23(26)30;1-7(13(19)22-3)6-8-10(18)11(21-2)12(23-8)16-5-4-9(17)15-14(16)20;1-7(2)6-8-10(17)11(19-3)12(20-8)15-5-4-9(16)14-13(15)18;2*2-1-3/h9,11,14-17,19-21H,10,12-13H2,1-5,7-8H3,(H,25,28,30);4-5,7-8,10-12,18H,6H2,1-3H3,(H,15,17,20);4-5,7-8,10-12,17H,6H2,1-3H3,(H,14,16,18);;/t16?,17-,19?,20+,21-,36?;7?,8-,10?,11+,12-;8-,10?,11+,12-;;/m111../s1. The molecule has 0 aliphatic carbocycles. The largest absolute Gasteiger partial charge is 0.469 e. The first-order valence-corrected chi connectivity index (χ1v) is 27.5. The summed E-state index contributed by atoms with van der Waals surface area (Å²) in [6.45, 7) is 23.0. The number of carbonyl (C=O) groups is 2. The molecular weight excluding hydrogens is 1150 g/mol. The highest BCUT2D eigenvalue weighted by atomic mass is 31.2. The van der Waals surface area contributed by atoms with Gasteiger partial charge in [0.25, 0.3) is 25.2 Å². The van der Waals surface area contributed by atoms with Crippen molar-refractivity contribution >= 4 is 32.8 Å². The number of aromatic amines is 3. The Labute approximate surface area is 488 Å². The zero-order valence-electron chi connectivity index (χ0n) is 49.4. The molecule has 6 unspecified atom stereocenters. The van der Waals surface area contributed by atoms with Crippen molar-refractivity contribution in [3.05, 3.63) is 111 Å². The van der Waals surface area contributed by atoms with E-state index < -0.39 is 140 Å². The minimum Gasteiger partial charge on any atom is -0.469 e. The number of aliphatic hydroxyl groups is 2. The van der Waals surface area contributed by atoms with Crippen molar-refractivity contribution in [3.8, 4) is 0 Å². The van der Waals surface area contributed by atoms with Crippen LogP contribution in [0.2, 0.25) is 0 Å². The monoisotopic (exact) mass is 1230 g/mol. The number of ether oxygens (including phenoxy) is 8. The zero-order chi connectivity index (χ0) is 64.4. The van der Waals surface area contributed by atoms with Gasteiger partial charge in [0.05, 0.1) is 44.4 Å². The van der Waals surface area contributed by atoms with Crippen molar-refractivity contribution in [2.24, 2.45) is 17.8 Å². The van der Waals surface area contributed by atoms with E-state index in [0.717, 1.165) is 4.57 Å². The third kappa shape index (κ3) is 21.3. The molecule has 0 spiro atoms. The number of rotatable bonds is 22. The van der Waals surface area contributed by atoms with Gasteiger partial charge in [-0.05, 0) is 52.9 Å². The van der Waals surface area contributed by atoms with E-state index >= 15 is 0 Å². The molecule has 5 N–H and O–H groups in total. The molecule has 6 heterocycles. The maximum atomic E-state index is 12.6. The molecule has 3 aromatic heterocycles. The molecule has 0 aromatic carbocycles. The number of aliphatic hydroxyl groups excluding tert-OH is 2. The molecule has 3 saturated heterocycles. The first-order valence-electron chi connectivity index (χ1n) is 26.4. The van der Waals surface area contributed by atoms with Gasteiger partial charge in [-0.2, -0.15) is 19.2 Å². The van der Waals surface area contributed by atoms with Gasteiger partial charge in [-0.1, -0.05) is 27.7 Å². The van der Waals surface area contributed by atoms with Crippen molar-refractivity contribution in [2.45, 2.75) is 160 Å². The van der Waals surface area contributed by atoms with Crippen molar-refractivity contribution in [1.82, 2.24) is 33.3 Å². The van der Waals surface area contributed by atoms with Crippen LogP contribution in [0.4, 0.5) is 0 Å². The molecular formula is C52H77N8O24P. The van der Waals surface area contributed by atoms with Crippen molar-refractivity contribution in [3.63, 3.8) is 0 Å². The second-order valence-electron chi connectivity index (χ2n) is 20.0. The minimum absolute atomic E-state index is 0.0671. The van der Waals surface area contributed by atoms with E-state index in [4.69, 9.17) is 68.0 Å². The summed E-state index contributed by atoms with van der Waals surface area (Å²) in [5, 5.41) is 20.6. The fraction of sp³-hybridized carbons (Fsp3) is 0.673. The predicted molar refractivity (Wildman–Crippen MR) is 292 cm³/mol. The fourth-order valence-electron chi connectivity index (χ4n) is 9.32. The quantitative estimate of drug-likeness (QED) is 0.0383. The first kappa shape index (κ1) is 74.3. The van der Waals surface area contributed by atoms with Crippen molar-refractivity contribution in [2.75, 3.05) is 48.7 Å². The number of hydrogen-bond donors (Lipinski definition) is 5. The number of nitrogens with zero attached hydrogens (tertiary/aromatic N) is 5. The lowest BCUT2D eigenvalue weighted by atomic mass is 9.99. The van der Waals surface area contributed by atoms with Crippen LogP contribution in [0.1, 0.15) is 93.3 Å². The highest BCUT2D eigenvalue weighted by molar-refractivity contribution is 7.44. The van der Waals surface area contributed by atoms with Crippen molar-refractivity contribution < 1.29 is 85.9 Å². The van der Waals surface area contributed by atoms with Gasteiger partial charge in [0.15, 0.2) is 18.7 Å². The van der Waals surface area contributed by atoms with Crippen molar-refractivity contribution in [1.29, 1.82) is 0 Å². The van der Waals surface area contributed by atoms with Gasteiger partial charge >= 0.3 is 41.3 Å². The van der Waals surface area contributed by atoms with E-state index in [9.17, 15) is 48.6 Å². The number of carbonyl (C=O) groups excluding carboxylic acids is 6. The first-order chi connectivity index (χ1) is 40.2. The Hall–Kier alpha value is -6.78. The fourth-order valence-corrected chi connectivity index (χ4v) is 11.1. The SMILES string of the molecule is COC(=O)C(C)C[C@H]1O[C@@H](n2ccc(=O)[nH]c2=O)[C@@H](OC)C1O.CO[C@H]1C(O)[C@@H](CC(C)C)O[C@H]1n1ccc(=O)[nH]c1=O.O=C=O.O=C=O.[C-]#[N+]CCOP(OC1[C@@H](CC(C)C(=O)OC)O[C@@H](n2ccc(=O)[nH]c2=O)[C@H]1OC)N(C(C)C)C(C)C. The van der Waals surface area contributed by atoms with Crippen LogP contribution in [0.3, 0.4) is 0 Å². The molecule has 0 radical (unpaired) electrons. The maximum Gasteiger partial charge on any atom is 0.373 e. The van der Waals surface area contributed by atoms with E-state index in [0.29, 0.717) is 12.3 Å². The van der Waals surface area contributed by atoms with E-state index in [1.165, 1.54) is 81.5 Å². The molecule has 32 nitrogen and oxygen atoms in total. The molecule has 3 aromatic rings. The number of aromatic nitrogens is 6. The molecule has 3 aliphatic rings. The summed E-state index contributed by atoms with van der Waals surface area (Å²) in [5.41, 5.74) is -3.45. The second kappa shape index (κ2) is 36.9. The highest BCUT2D eigenvalue weighted by Gasteiger charge is 2.51. The summed E-state index contributed by atoms with van der Waals surface area (Å²) in [4.78, 5) is 136. The Kier molecular flexibility index (Phi) is 32.3. The van der Waals surface area contributed by atoms with Crippen LogP contribution < -0.4 is 33.7 Å². The third-order valence-electron chi connectivity index (χ3n) is 13.0. The van der Waals surface area contributed by atoms with Crippen LogP contribution in [0.5, 0.6) is 0 Å². The Morgan fingerprint density at radius 2 is 0.941 bits per heavy atom. The van der Waals surface area contributed by atoms with Crippen LogP contribution in [0.25, 0.3) is 4.85 Å². The number of esters is 2. The topological polar surface area (TPSA) is 407 Å². The lowest BCUT2D eigenvalue weighted by molar-refractivity contribution is -0.193. The van der Waals surface area contributed by atoms with Gasteiger partial charge in [0, 0.05) is 70.2 Å². The number of nitrogens with one attached hydrogen (secondary N) is 3. The van der Waals surface area contributed by atoms with Gasteiger partial charge in [-0.3, -0.25) is 52.6 Å². The second-order valence-corrected chi connectivity index (χ2v) is 21.4. The molecule has 0 saturated carbocycles. The number of H-pyrrole nitrogens is 3. The van der Waals surface area contributed by atoms with Gasteiger partial charge in [0.2, 0.25) is 6.54 Å². The molecule has 3 fully saturated rings. The average Bonchev–Trinajstić information content (AvgIpc) is 2.13. The summed E-state index contributed by atoms with van der Waals surface area (Å²) in [6.07, 6.45) is -3.59. The lowest BCUT2D eigenvalue weighted by Crippen LogP contribution is -2.41. The van der Waals surface area contributed by atoms with Crippen LogP contribution in [-0.4, -0.2) is 183 Å². The van der Waals surface area contributed by atoms with Gasteiger partial charge in [-0.25, -0.2) is 25.6 Å². The summed E-state index contributed by atoms with van der Waals surface area (Å²) in [7, 11) is 5.25. The molecule has 6 rings (SSSR count). The molecule has 0 bridgehead atoms. The normalized spacial score (nSPS) is 25.0. The van der Waals surface area contributed by atoms with Gasteiger partial charge in [0.1, 0.15) is 43.2 Å². The van der Waals surface area contributed by atoms with Crippen LogP contribution in [0, 0.1) is 24.3 Å². The number of methoxy groups -OCH3 is 5. The molecule has 15 atom stereocenters. The highest BCUT2D eigenvalue weighted by Crippen LogP contribution is 2.51. The van der Waals surface area contributed by atoms with Gasteiger partial charge in [-0.15, -0.1) is 0 Å². The van der Waals surface area contributed by atoms with Crippen LogP contribution in [0.15, 0.2) is 65.6 Å². The molecule has 85 heavy (non-hydrogen) atoms. The zero-order valence-corrected chi connectivity index (χ0v) is 50.3. The molecule has 0 amide bonds. The Balaban J connectivity index is 0.000000434. The Morgan fingerprint density at radius 3 is 1.26 bits per heavy atom. The average molecular weight is 1230 g/mol. The summed E-state index contributed by atoms with van der Waals surface area (Å²) in [6, 6.07) is 3.76. The minimum atomic E-state index is -1.66. The summed E-state index contributed by atoms with van der Waals surface area (Å²) in [5.74, 6) is -1.48. The third-order valence-corrected chi connectivity index (χ3v) is 15.2. The van der Waals surface area contributed by atoms with E-state index in [-0.39, 0.29) is 50.4 Å². The Bertz CT molecular complexity index is 3010.